The molecule has 0 saturated carbocycles. The van der Waals surface area contributed by atoms with E-state index >= 15 is 0 Å². The molecule has 0 unspecified atom stereocenters. The molecule has 0 N–H and O–H groups in total. The standard InChI is InChI=1S/C58H42N2O2S/c1-61-51-29-25-45(26-30-51)59(46-27-31-52(62-2)32-28-46)49-36-44(54-20-11-21-55-56-33-23-41-15-8-9-19-53(41)57(56)63-58(54)55)37-50(38-49)60(48-24-22-40-14-6-7-16-42(40)35-48)47-18-10-17-43(34-47)39-12-4-3-5-13-39/h3-38H,1-2H3. The second-order valence-corrected chi connectivity index (χ2v) is 16.7. The maximum atomic E-state index is 5.64. The Bertz CT molecular complexity index is 3390. The number of hydrogen-bond donors (Lipinski definition) is 0. The molecule has 0 bridgehead atoms. The number of fused-ring (bicyclic) bond motifs is 6. The Morgan fingerprint density at radius 1 is 0.317 bits per heavy atom. The summed E-state index contributed by atoms with van der Waals surface area (Å²) in [5.74, 6) is 1.60. The second-order valence-electron chi connectivity index (χ2n) is 15.7. The lowest BCUT2D eigenvalue weighted by Gasteiger charge is -2.31. The van der Waals surface area contributed by atoms with E-state index in [1.807, 2.05) is 35.6 Å². The molecule has 11 rings (SSSR count). The Balaban J connectivity index is 1.20. The molecular weight excluding hydrogens is 789 g/mol. The van der Waals surface area contributed by atoms with E-state index in [0.717, 1.165) is 56.8 Å². The summed E-state index contributed by atoms with van der Waals surface area (Å²) in [6.45, 7) is 0. The number of methoxy groups -OCH3 is 2. The Morgan fingerprint density at radius 3 is 1.56 bits per heavy atom. The molecule has 1 aromatic heterocycles. The summed E-state index contributed by atoms with van der Waals surface area (Å²) in [6, 6.07) is 78.5. The predicted molar refractivity (Wildman–Crippen MR) is 268 cm³/mol. The van der Waals surface area contributed by atoms with E-state index in [1.54, 1.807) is 14.2 Å². The summed E-state index contributed by atoms with van der Waals surface area (Å²) >= 11 is 1.88. The highest BCUT2D eigenvalue weighted by Gasteiger charge is 2.22. The molecule has 1 heterocycles. The molecule has 0 aliphatic carbocycles. The van der Waals surface area contributed by atoms with Gasteiger partial charge in [0.25, 0.3) is 0 Å². The van der Waals surface area contributed by atoms with Crippen molar-refractivity contribution in [2.24, 2.45) is 0 Å². The van der Waals surface area contributed by atoms with Gasteiger partial charge in [0.2, 0.25) is 0 Å². The average molecular weight is 831 g/mol. The van der Waals surface area contributed by atoms with Crippen molar-refractivity contribution >= 4 is 87.2 Å². The van der Waals surface area contributed by atoms with E-state index in [9.17, 15) is 0 Å². The minimum absolute atomic E-state index is 0.799. The Kier molecular flexibility index (Phi) is 9.80. The number of thiophene rings is 1. The Labute approximate surface area is 371 Å². The van der Waals surface area contributed by atoms with E-state index in [-0.39, 0.29) is 0 Å². The topological polar surface area (TPSA) is 24.9 Å². The third-order valence-corrected chi connectivity index (χ3v) is 13.3. The molecule has 10 aromatic carbocycles. The van der Waals surface area contributed by atoms with Gasteiger partial charge < -0.3 is 19.3 Å². The van der Waals surface area contributed by atoms with E-state index in [0.29, 0.717) is 0 Å². The highest BCUT2D eigenvalue weighted by molar-refractivity contribution is 7.27. The molecule has 302 valence electrons. The molecule has 0 atom stereocenters. The van der Waals surface area contributed by atoms with Crippen LogP contribution in [0.5, 0.6) is 11.5 Å². The number of anilines is 6. The van der Waals surface area contributed by atoms with Crippen LogP contribution in [0.2, 0.25) is 0 Å². The van der Waals surface area contributed by atoms with Crippen molar-refractivity contribution in [2.75, 3.05) is 24.0 Å². The molecular formula is C58H42N2O2S. The fraction of sp³-hybridized carbons (Fsp3) is 0.0345. The lowest BCUT2D eigenvalue weighted by Crippen LogP contribution is -2.14. The van der Waals surface area contributed by atoms with Crippen LogP contribution in [0.15, 0.2) is 218 Å². The first-order chi connectivity index (χ1) is 31.1. The van der Waals surface area contributed by atoms with Crippen molar-refractivity contribution < 1.29 is 9.47 Å². The molecule has 0 radical (unpaired) electrons. The fourth-order valence-electron chi connectivity index (χ4n) is 8.89. The summed E-state index contributed by atoms with van der Waals surface area (Å²) in [5, 5.41) is 7.44. The average Bonchev–Trinajstić information content (AvgIpc) is 3.75. The molecule has 5 heteroatoms. The van der Waals surface area contributed by atoms with Gasteiger partial charge in [-0.05, 0) is 135 Å². The van der Waals surface area contributed by atoms with Crippen molar-refractivity contribution in [3.05, 3.63) is 218 Å². The van der Waals surface area contributed by atoms with Gasteiger partial charge >= 0.3 is 0 Å². The van der Waals surface area contributed by atoms with Gasteiger partial charge in [-0.15, -0.1) is 11.3 Å². The molecule has 0 spiro atoms. The Morgan fingerprint density at radius 2 is 0.841 bits per heavy atom. The molecule has 0 amide bonds. The smallest absolute Gasteiger partial charge is 0.119 e. The maximum Gasteiger partial charge on any atom is 0.119 e. The van der Waals surface area contributed by atoms with Crippen LogP contribution in [0.1, 0.15) is 0 Å². The quantitative estimate of drug-likeness (QED) is 0.137. The molecule has 0 fully saturated rings. The van der Waals surface area contributed by atoms with Crippen molar-refractivity contribution in [1.29, 1.82) is 0 Å². The van der Waals surface area contributed by atoms with Crippen LogP contribution >= 0.6 is 11.3 Å². The monoisotopic (exact) mass is 830 g/mol. The van der Waals surface area contributed by atoms with Crippen molar-refractivity contribution in [1.82, 2.24) is 0 Å². The fourth-order valence-corrected chi connectivity index (χ4v) is 10.3. The van der Waals surface area contributed by atoms with Gasteiger partial charge in [0.15, 0.2) is 0 Å². The van der Waals surface area contributed by atoms with Gasteiger partial charge in [-0.25, -0.2) is 0 Å². The number of rotatable bonds is 10. The predicted octanol–water partition coefficient (Wildman–Crippen LogP) is 16.7. The van der Waals surface area contributed by atoms with Crippen LogP contribution in [-0.2, 0) is 0 Å². The van der Waals surface area contributed by atoms with Crippen molar-refractivity contribution in [2.45, 2.75) is 0 Å². The van der Waals surface area contributed by atoms with Crippen LogP contribution in [0.4, 0.5) is 34.1 Å². The summed E-state index contributed by atoms with van der Waals surface area (Å²) in [5.41, 5.74) is 10.8. The van der Waals surface area contributed by atoms with Crippen molar-refractivity contribution in [3.63, 3.8) is 0 Å². The lowest BCUT2D eigenvalue weighted by atomic mass is 9.99. The molecule has 11 aromatic rings. The first-order valence-corrected chi connectivity index (χ1v) is 21.9. The number of hydrogen-bond acceptors (Lipinski definition) is 5. The van der Waals surface area contributed by atoms with Gasteiger partial charge in [0.1, 0.15) is 11.5 Å². The first kappa shape index (κ1) is 38.1. The molecule has 0 aliphatic rings. The van der Waals surface area contributed by atoms with E-state index < -0.39 is 0 Å². The largest absolute Gasteiger partial charge is 0.497 e. The maximum absolute atomic E-state index is 5.64. The molecule has 0 aliphatic heterocycles. The van der Waals surface area contributed by atoms with Crippen LogP contribution in [-0.4, -0.2) is 14.2 Å². The highest BCUT2D eigenvalue weighted by Crippen LogP contribution is 2.48. The number of ether oxygens (including phenoxy) is 2. The summed E-state index contributed by atoms with van der Waals surface area (Å²) < 4.78 is 13.8. The summed E-state index contributed by atoms with van der Waals surface area (Å²) in [4.78, 5) is 4.73. The lowest BCUT2D eigenvalue weighted by molar-refractivity contribution is 0.415. The van der Waals surface area contributed by atoms with E-state index in [2.05, 4.69) is 204 Å². The van der Waals surface area contributed by atoms with Gasteiger partial charge in [0.05, 0.1) is 14.2 Å². The zero-order chi connectivity index (χ0) is 42.3. The van der Waals surface area contributed by atoms with Gasteiger partial charge in [-0.2, -0.15) is 0 Å². The highest BCUT2D eigenvalue weighted by atomic mass is 32.1. The molecule has 0 saturated heterocycles. The molecule has 63 heavy (non-hydrogen) atoms. The van der Waals surface area contributed by atoms with E-state index in [4.69, 9.17) is 9.47 Å². The van der Waals surface area contributed by atoms with Gasteiger partial charge in [-0.3, -0.25) is 0 Å². The summed E-state index contributed by atoms with van der Waals surface area (Å²) in [7, 11) is 3.41. The third kappa shape index (κ3) is 7.08. The zero-order valence-corrected chi connectivity index (χ0v) is 35.7. The van der Waals surface area contributed by atoms with Crippen molar-refractivity contribution in [3.8, 4) is 33.8 Å². The van der Waals surface area contributed by atoms with E-state index in [1.165, 1.54) is 52.8 Å². The minimum atomic E-state index is 0.799. The van der Waals surface area contributed by atoms with Gasteiger partial charge in [0, 0.05) is 54.3 Å². The molecule has 4 nitrogen and oxygen atoms in total. The van der Waals surface area contributed by atoms with Crippen LogP contribution in [0.3, 0.4) is 0 Å². The van der Waals surface area contributed by atoms with Crippen LogP contribution in [0, 0.1) is 0 Å². The third-order valence-electron chi connectivity index (χ3n) is 12.0. The second kappa shape index (κ2) is 16.2. The number of nitrogens with zero attached hydrogens (tertiary/aromatic N) is 2. The normalized spacial score (nSPS) is 11.3. The Hall–Kier alpha value is -7.86. The van der Waals surface area contributed by atoms with Gasteiger partial charge in [-0.1, -0.05) is 127 Å². The number of benzene rings is 10. The van der Waals surface area contributed by atoms with Crippen LogP contribution < -0.4 is 19.3 Å². The summed E-state index contributed by atoms with van der Waals surface area (Å²) in [6.07, 6.45) is 0. The zero-order valence-electron chi connectivity index (χ0n) is 34.9. The SMILES string of the molecule is COc1ccc(N(c2ccc(OC)cc2)c2cc(-c3cccc4c3sc3c5ccccc5ccc43)cc(N(c3cccc(-c4ccccc4)c3)c3ccc4ccccc4c3)c2)cc1. The first-order valence-electron chi connectivity index (χ1n) is 21.1. The van der Waals surface area contributed by atoms with Crippen LogP contribution in [0.25, 0.3) is 64.0 Å². The minimum Gasteiger partial charge on any atom is -0.497 e.